The van der Waals surface area contributed by atoms with E-state index in [1.165, 1.54) is 0 Å². The second-order valence-corrected chi connectivity index (χ2v) is 5.87. The van der Waals surface area contributed by atoms with E-state index in [4.69, 9.17) is 9.47 Å². The topological polar surface area (TPSA) is 94.0 Å². The van der Waals surface area contributed by atoms with Crippen molar-refractivity contribution in [3.63, 3.8) is 0 Å². The van der Waals surface area contributed by atoms with Crippen molar-refractivity contribution in [1.82, 2.24) is 14.7 Å². The molecule has 0 fully saturated rings. The molecule has 2 N–H and O–H groups in total. The summed E-state index contributed by atoms with van der Waals surface area (Å²) in [5, 5.41) is 5.54. The van der Waals surface area contributed by atoms with Gasteiger partial charge in [-0.15, -0.1) is 0 Å². The standard InChI is InChI=1S/C20H22N4O4/c1-3-28-16-10-5-4-8-14(16)22-19(25)17-15-9-6-7-12-24(15)18(23-17)20(26)21-11-13-27-2/h4-10,12H,3,11,13H2,1-2H3,(H,21,26)(H,22,25). The number of rotatable bonds is 8. The van der Waals surface area contributed by atoms with Crippen molar-refractivity contribution in [2.45, 2.75) is 6.92 Å². The van der Waals surface area contributed by atoms with Gasteiger partial charge in [0.15, 0.2) is 5.69 Å². The van der Waals surface area contributed by atoms with Gasteiger partial charge in [-0.25, -0.2) is 4.98 Å². The number of fused-ring (bicyclic) bond motifs is 1. The molecule has 2 amide bonds. The first kappa shape index (κ1) is 19.4. The largest absolute Gasteiger partial charge is 0.492 e. The van der Waals surface area contributed by atoms with E-state index in [0.29, 0.717) is 36.7 Å². The second-order valence-electron chi connectivity index (χ2n) is 5.87. The number of methoxy groups -OCH3 is 1. The van der Waals surface area contributed by atoms with Gasteiger partial charge in [0, 0.05) is 19.9 Å². The maximum Gasteiger partial charge on any atom is 0.287 e. The van der Waals surface area contributed by atoms with E-state index in [1.54, 1.807) is 54.1 Å². The average molecular weight is 382 g/mol. The second kappa shape index (κ2) is 9.01. The Bertz CT molecular complexity index is 983. The number of carbonyl (C=O) groups is 2. The molecular weight excluding hydrogens is 360 g/mol. The molecule has 0 saturated carbocycles. The molecular formula is C20H22N4O4. The first-order valence-corrected chi connectivity index (χ1v) is 8.93. The van der Waals surface area contributed by atoms with Crippen molar-refractivity contribution in [1.29, 1.82) is 0 Å². The summed E-state index contributed by atoms with van der Waals surface area (Å²) in [5.74, 6) is -0.104. The minimum absolute atomic E-state index is 0.134. The van der Waals surface area contributed by atoms with Gasteiger partial charge in [0.2, 0.25) is 5.82 Å². The van der Waals surface area contributed by atoms with Crippen LogP contribution < -0.4 is 15.4 Å². The van der Waals surface area contributed by atoms with Crippen LogP contribution in [0.25, 0.3) is 5.52 Å². The fraction of sp³-hybridized carbons (Fsp3) is 0.250. The van der Waals surface area contributed by atoms with E-state index in [9.17, 15) is 9.59 Å². The maximum atomic E-state index is 12.9. The molecule has 0 saturated heterocycles. The summed E-state index contributed by atoms with van der Waals surface area (Å²) in [6.45, 7) is 3.08. The minimum Gasteiger partial charge on any atom is -0.492 e. The van der Waals surface area contributed by atoms with Gasteiger partial charge in [-0.2, -0.15) is 0 Å². The summed E-state index contributed by atoms with van der Waals surface area (Å²) in [4.78, 5) is 29.6. The highest BCUT2D eigenvalue weighted by atomic mass is 16.5. The van der Waals surface area contributed by atoms with Gasteiger partial charge in [-0.3, -0.25) is 14.0 Å². The molecule has 0 aliphatic carbocycles. The lowest BCUT2D eigenvalue weighted by Gasteiger charge is -2.10. The summed E-state index contributed by atoms with van der Waals surface area (Å²) in [5.41, 5.74) is 1.23. The van der Waals surface area contributed by atoms with Gasteiger partial charge in [-0.1, -0.05) is 18.2 Å². The van der Waals surface area contributed by atoms with E-state index in [1.807, 2.05) is 13.0 Å². The number of benzene rings is 1. The molecule has 0 spiro atoms. The van der Waals surface area contributed by atoms with Crippen LogP contribution in [0, 0.1) is 0 Å². The van der Waals surface area contributed by atoms with Gasteiger partial charge in [0.05, 0.1) is 24.4 Å². The molecule has 3 aromatic rings. The molecule has 1 aromatic carbocycles. The third kappa shape index (κ3) is 4.12. The number of pyridine rings is 1. The predicted molar refractivity (Wildman–Crippen MR) is 105 cm³/mol. The summed E-state index contributed by atoms with van der Waals surface area (Å²) in [6, 6.07) is 12.5. The molecule has 8 heteroatoms. The number of hydrogen-bond acceptors (Lipinski definition) is 5. The van der Waals surface area contributed by atoms with Crippen LogP contribution in [0.2, 0.25) is 0 Å². The molecule has 3 rings (SSSR count). The summed E-state index contributed by atoms with van der Waals surface area (Å²) < 4.78 is 12.1. The zero-order valence-corrected chi connectivity index (χ0v) is 15.8. The smallest absolute Gasteiger partial charge is 0.287 e. The molecule has 28 heavy (non-hydrogen) atoms. The highest BCUT2D eigenvalue weighted by Gasteiger charge is 2.22. The van der Waals surface area contributed by atoms with Gasteiger partial charge in [0.1, 0.15) is 5.75 Å². The molecule has 146 valence electrons. The Morgan fingerprint density at radius 2 is 1.89 bits per heavy atom. The van der Waals surface area contributed by atoms with Crippen LogP contribution in [0.5, 0.6) is 5.75 Å². The first-order chi connectivity index (χ1) is 13.7. The number of anilines is 1. The van der Waals surface area contributed by atoms with Crippen LogP contribution in [0.15, 0.2) is 48.7 Å². The fourth-order valence-electron chi connectivity index (χ4n) is 2.74. The number of nitrogens with one attached hydrogen (secondary N) is 2. The molecule has 2 aromatic heterocycles. The Balaban J connectivity index is 1.91. The molecule has 0 bridgehead atoms. The maximum absolute atomic E-state index is 12.9. The van der Waals surface area contributed by atoms with E-state index >= 15 is 0 Å². The van der Waals surface area contributed by atoms with Gasteiger partial charge in [-0.05, 0) is 31.2 Å². The van der Waals surface area contributed by atoms with Crippen molar-refractivity contribution in [3.05, 3.63) is 60.2 Å². The van der Waals surface area contributed by atoms with Crippen molar-refractivity contribution >= 4 is 23.0 Å². The summed E-state index contributed by atoms with van der Waals surface area (Å²) in [6.07, 6.45) is 1.69. The van der Waals surface area contributed by atoms with Gasteiger partial charge < -0.3 is 20.1 Å². The molecule has 2 heterocycles. The van der Waals surface area contributed by atoms with Crippen LogP contribution in [-0.2, 0) is 4.74 Å². The molecule has 0 atom stereocenters. The molecule has 0 radical (unpaired) electrons. The molecule has 0 aliphatic rings. The fourth-order valence-corrected chi connectivity index (χ4v) is 2.74. The average Bonchev–Trinajstić information content (AvgIpc) is 3.10. The normalized spacial score (nSPS) is 10.6. The number of carbonyl (C=O) groups excluding carboxylic acids is 2. The lowest BCUT2D eigenvalue weighted by Crippen LogP contribution is -2.28. The van der Waals surface area contributed by atoms with Crippen molar-refractivity contribution < 1.29 is 19.1 Å². The number of ether oxygens (including phenoxy) is 2. The zero-order chi connectivity index (χ0) is 19.9. The van der Waals surface area contributed by atoms with Crippen molar-refractivity contribution in [3.8, 4) is 5.75 Å². The third-order valence-electron chi connectivity index (χ3n) is 3.99. The molecule has 8 nitrogen and oxygen atoms in total. The van der Waals surface area contributed by atoms with Crippen molar-refractivity contribution in [2.75, 3.05) is 32.2 Å². The van der Waals surface area contributed by atoms with Crippen LogP contribution in [0.4, 0.5) is 5.69 Å². The number of aromatic nitrogens is 2. The number of hydrogen-bond donors (Lipinski definition) is 2. The number of amides is 2. The monoisotopic (exact) mass is 382 g/mol. The summed E-state index contributed by atoms with van der Waals surface area (Å²) >= 11 is 0. The zero-order valence-electron chi connectivity index (χ0n) is 15.8. The highest BCUT2D eigenvalue weighted by molar-refractivity contribution is 6.09. The lowest BCUT2D eigenvalue weighted by molar-refractivity contribution is 0.0926. The Hall–Kier alpha value is -3.39. The van der Waals surface area contributed by atoms with E-state index in [0.717, 1.165) is 0 Å². The Labute approximate surface area is 162 Å². The van der Waals surface area contributed by atoms with E-state index < -0.39 is 5.91 Å². The van der Waals surface area contributed by atoms with Crippen LogP contribution in [0.1, 0.15) is 28.0 Å². The Morgan fingerprint density at radius 3 is 2.68 bits per heavy atom. The van der Waals surface area contributed by atoms with Gasteiger partial charge >= 0.3 is 0 Å². The number of nitrogens with zero attached hydrogens (tertiary/aromatic N) is 2. The minimum atomic E-state index is -0.424. The molecule has 0 aliphatic heterocycles. The highest BCUT2D eigenvalue weighted by Crippen LogP contribution is 2.25. The first-order valence-electron chi connectivity index (χ1n) is 8.93. The van der Waals surface area contributed by atoms with E-state index in [2.05, 4.69) is 15.6 Å². The molecule has 0 unspecified atom stereocenters. The quantitative estimate of drug-likeness (QED) is 0.584. The lowest BCUT2D eigenvalue weighted by atomic mass is 10.2. The van der Waals surface area contributed by atoms with Crippen molar-refractivity contribution in [2.24, 2.45) is 0 Å². The summed E-state index contributed by atoms with van der Waals surface area (Å²) in [7, 11) is 1.56. The Kier molecular flexibility index (Phi) is 6.23. The van der Waals surface area contributed by atoms with Gasteiger partial charge in [0.25, 0.3) is 11.8 Å². The van der Waals surface area contributed by atoms with Crippen LogP contribution >= 0.6 is 0 Å². The van der Waals surface area contributed by atoms with Crippen LogP contribution in [-0.4, -0.2) is 48.1 Å². The SMILES string of the molecule is CCOc1ccccc1NC(=O)c1nc(C(=O)NCCOC)n2ccccc12. The van der Waals surface area contributed by atoms with Crippen LogP contribution in [0.3, 0.4) is 0 Å². The number of imidazole rings is 1. The number of para-hydroxylation sites is 2. The van der Waals surface area contributed by atoms with E-state index in [-0.39, 0.29) is 17.4 Å². The Morgan fingerprint density at radius 1 is 1.11 bits per heavy atom. The third-order valence-corrected chi connectivity index (χ3v) is 3.99. The predicted octanol–water partition coefficient (Wildman–Crippen LogP) is 2.36.